The van der Waals surface area contributed by atoms with E-state index in [2.05, 4.69) is 5.10 Å². The van der Waals surface area contributed by atoms with Gasteiger partial charge in [-0.3, -0.25) is 9.48 Å². The van der Waals surface area contributed by atoms with Crippen molar-refractivity contribution in [3.8, 4) is 0 Å². The number of esters is 1. The van der Waals surface area contributed by atoms with Gasteiger partial charge in [0, 0.05) is 6.20 Å². The van der Waals surface area contributed by atoms with Gasteiger partial charge in [-0.15, -0.1) is 0 Å². The summed E-state index contributed by atoms with van der Waals surface area (Å²) in [6, 6.07) is 1.39. The maximum atomic E-state index is 11.7. The lowest BCUT2D eigenvalue weighted by Gasteiger charge is -2.22. The molecule has 0 fully saturated rings. The zero-order valence-corrected chi connectivity index (χ0v) is 11.0. The molecule has 6 heteroatoms. The Balaban J connectivity index is 2.61. The van der Waals surface area contributed by atoms with Crippen LogP contribution in [0.5, 0.6) is 0 Å². The van der Waals surface area contributed by atoms with Crippen molar-refractivity contribution in [1.82, 2.24) is 9.78 Å². The van der Waals surface area contributed by atoms with Gasteiger partial charge in [0.25, 0.3) is 0 Å². The monoisotopic (exact) mass is 254 g/mol. The summed E-state index contributed by atoms with van der Waals surface area (Å²) in [7, 11) is 0. The van der Waals surface area contributed by atoms with Crippen LogP contribution in [-0.4, -0.2) is 32.4 Å². The second kappa shape index (κ2) is 5.20. The average molecular weight is 254 g/mol. The fourth-order valence-electron chi connectivity index (χ4n) is 1.33. The summed E-state index contributed by atoms with van der Waals surface area (Å²) in [5.41, 5.74) is -0.562. The molecule has 0 saturated heterocycles. The molecule has 1 aromatic rings. The van der Waals surface area contributed by atoms with E-state index in [-0.39, 0.29) is 17.6 Å². The van der Waals surface area contributed by atoms with Crippen molar-refractivity contribution < 1.29 is 19.4 Å². The first-order chi connectivity index (χ1) is 8.19. The van der Waals surface area contributed by atoms with Crippen molar-refractivity contribution in [3.63, 3.8) is 0 Å². The Kier molecular flexibility index (Phi) is 4.11. The van der Waals surface area contributed by atoms with E-state index in [1.54, 1.807) is 27.7 Å². The van der Waals surface area contributed by atoms with Crippen LogP contribution >= 0.6 is 0 Å². The number of carbonyl (C=O) groups excluding carboxylic acids is 1. The molecule has 1 rings (SSSR count). The third-order valence-corrected chi connectivity index (χ3v) is 2.13. The van der Waals surface area contributed by atoms with Crippen LogP contribution in [0.25, 0.3) is 0 Å². The van der Waals surface area contributed by atoms with Crippen molar-refractivity contribution in [2.45, 2.75) is 39.8 Å². The number of nitrogens with zero attached hydrogens (tertiary/aromatic N) is 2. The molecule has 100 valence electrons. The highest BCUT2D eigenvalue weighted by molar-refractivity contribution is 5.85. The summed E-state index contributed by atoms with van der Waals surface area (Å²) in [6.07, 6.45) is 1.53. The van der Waals surface area contributed by atoms with Gasteiger partial charge in [0.05, 0.1) is 12.5 Å². The first kappa shape index (κ1) is 14.2. The summed E-state index contributed by atoms with van der Waals surface area (Å²) in [6.45, 7) is 7.41. The van der Waals surface area contributed by atoms with Crippen LogP contribution in [0, 0.1) is 5.92 Å². The highest BCUT2D eigenvalue weighted by atomic mass is 16.6. The average Bonchev–Trinajstić information content (AvgIpc) is 2.63. The van der Waals surface area contributed by atoms with Gasteiger partial charge in [-0.25, -0.2) is 4.79 Å². The summed E-state index contributed by atoms with van der Waals surface area (Å²) >= 11 is 0. The lowest BCUT2D eigenvalue weighted by atomic mass is 10.1. The van der Waals surface area contributed by atoms with E-state index in [0.717, 1.165) is 0 Å². The van der Waals surface area contributed by atoms with Gasteiger partial charge >= 0.3 is 11.9 Å². The van der Waals surface area contributed by atoms with Crippen molar-refractivity contribution in [2.75, 3.05) is 0 Å². The molecule has 0 saturated carbocycles. The Morgan fingerprint density at radius 3 is 2.56 bits per heavy atom. The van der Waals surface area contributed by atoms with E-state index >= 15 is 0 Å². The van der Waals surface area contributed by atoms with Crippen LogP contribution in [-0.2, 0) is 16.1 Å². The summed E-state index contributed by atoms with van der Waals surface area (Å²) in [4.78, 5) is 22.4. The molecule has 0 aliphatic heterocycles. The van der Waals surface area contributed by atoms with Crippen LogP contribution in [0.3, 0.4) is 0 Å². The lowest BCUT2D eigenvalue weighted by Crippen LogP contribution is -2.29. The van der Waals surface area contributed by atoms with Crippen LogP contribution in [0.2, 0.25) is 0 Å². The standard InChI is InChI=1S/C12H18N2O4/c1-8(11(17)18-12(2,3)4)7-14-6-5-9(13-14)10(15)16/h5-6,8H,7H2,1-4H3,(H,15,16)/t8-/m1/s1. The van der Waals surface area contributed by atoms with Crippen molar-refractivity contribution in [2.24, 2.45) is 5.92 Å². The minimum atomic E-state index is -1.08. The summed E-state index contributed by atoms with van der Waals surface area (Å²) in [5.74, 6) is -1.79. The Hall–Kier alpha value is -1.85. The van der Waals surface area contributed by atoms with Crippen molar-refractivity contribution >= 4 is 11.9 Å². The second-order valence-electron chi connectivity index (χ2n) is 5.16. The fourth-order valence-corrected chi connectivity index (χ4v) is 1.33. The number of hydrogen-bond donors (Lipinski definition) is 1. The van der Waals surface area contributed by atoms with Crippen molar-refractivity contribution in [3.05, 3.63) is 18.0 Å². The molecule has 0 radical (unpaired) electrons. The maximum Gasteiger partial charge on any atom is 0.356 e. The van der Waals surface area contributed by atoms with E-state index < -0.39 is 11.6 Å². The number of carboxylic acids is 1. The zero-order chi connectivity index (χ0) is 13.9. The summed E-state index contributed by atoms with van der Waals surface area (Å²) < 4.78 is 6.66. The molecule has 6 nitrogen and oxygen atoms in total. The van der Waals surface area contributed by atoms with Crippen LogP contribution < -0.4 is 0 Å². The van der Waals surface area contributed by atoms with Gasteiger partial charge < -0.3 is 9.84 Å². The number of rotatable bonds is 4. The number of ether oxygens (including phenoxy) is 1. The van der Waals surface area contributed by atoms with E-state index in [4.69, 9.17) is 9.84 Å². The molecule has 0 unspecified atom stereocenters. The maximum absolute atomic E-state index is 11.7. The predicted molar refractivity (Wildman–Crippen MR) is 64.2 cm³/mol. The minimum absolute atomic E-state index is 0.0358. The van der Waals surface area contributed by atoms with Crippen molar-refractivity contribution in [1.29, 1.82) is 0 Å². The number of carbonyl (C=O) groups is 2. The zero-order valence-electron chi connectivity index (χ0n) is 11.0. The number of hydrogen-bond acceptors (Lipinski definition) is 4. The number of aromatic carboxylic acids is 1. The largest absolute Gasteiger partial charge is 0.476 e. The molecule has 0 aromatic carbocycles. The first-order valence-electron chi connectivity index (χ1n) is 5.68. The van der Waals surface area contributed by atoms with Gasteiger partial charge in [0.2, 0.25) is 0 Å². The Labute approximate surface area is 106 Å². The molecular formula is C12H18N2O4. The molecule has 1 N–H and O–H groups in total. The smallest absolute Gasteiger partial charge is 0.356 e. The number of carboxylic acid groups (broad SMARTS) is 1. The van der Waals surface area contributed by atoms with E-state index in [1.165, 1.54) is 16.9 Å². The molecule has 0 aliphatic carbocycles. The first-order valence-corrected chi connectivity index (χ1v) is 5.68. The highest BCUT2D eigenvalue weighted by Crippen LogP contribution is 2.12. The Morgan fingerprint density at radius 2 is 2.11 bits per heavy atom. The SMILES string of the molecule is C[C@H](Cn1ccc(C(=O)O)n1)C(=O)OC(C)(C)C. The van der Waals surface area contributed by atoms with Crippen LogP contribution in [0.1, 0.15) is 38.2 Å². The topological polar surface area (TPSA) is 81.4 Å². The van der Waals surface area contributed by atoms with E-state index in [1.807, 2.05) is 0 Å². The fraction of sp³-hybridized carbons (Fsp3) is 0.583. The molecular weight excluding hydrogens is 236 g/mol. The van der Waals surface area contributed by atoms with Gasteiger partial charge in [0.15, 0.2) is 5.69 Å². The van der Waals surface area contributed by atoms with Crippen LogP contribution in [0.15, 0.2) is 12.3 Å². The molecule has 0 spiro atoms. The lowest BCUT2D eigenvalue weighted by molar-refractivity contribution is -0.159. The number of aromatic nitrogens is 2. The molecule has 1 heterocycles. The van der Waals surface area contributed by atoms with Gasteiger partial charge in [-0.1, -0.05) is 6.92 Å². The van der Waals surface area contributed by atoms with E-state index in [9.17, 15) is 9.59 Å². The quantitative estimate of drug-likeness (QED) is 0.824. The predicted octanol–water partition coefficient (Wildman–Crippen LogP) is 1.56. The van der Waals surface area contributed by atoms with E-state index in [0.29, 0.717) is 6.54 Å². The van der Waals surface area contributed by atoms with Gasteiger partial charge in [0.1, 0.15) is 5.60 Å². The van der Waals surface area contributed by atoms with Gasteiger partial charge in [-0.05, 0) is 26.8 Å². The molecule has 0 amide bonds. The molecule has 18 heavy (non-hydrogen) atoms. The second-order valence-corrected chi connectivity index (χ2v) is 5.16. The van der Waals surface area contributed by atoms with Crippen LogP contribution in [0.4, 0.5) is 0 Å². The molecule has 1 atom stereocenters. The third-order valence-electron chi connectivity index (χ3n) is 2.13. The normalized spacial score (nSPS) is 13.1. The Bertz CT molecular complexity index is 445. The Morgan fingerprint density at radius 1 is 1.50 bits per heavy atom. The summed E-state index contributed by atoms with van der Waals surface area (Å²) in [5, 5.41) is 12.6. The highest BCUT2D eigenvalue weighted by Gasteiger charge is 2.22. The third kappa shape index (κ3) is 4.20. The minimum Gasteiger partial charge on any atom is -0.476 e. The molecule has 1 aromatic heterocycles. The van der Waals surface area contributed by atoms with Gasteiger partial charge in [-0.2, -0.15) is 5.10 Å². The molecule has 0 bridgehead atoms. The molecule has 0 aliphatic rings.